The molecular formula is C11H17NO2S. The standard InChI is InChI=1S/C11H17NO2S/c1-4-11(12-15(3,13)14)10-8-6-5-7-9(10)2/h5-8,11-12H,4H2,1-3H3/t11-/m0/s1. The molecule has 0 radical (unpaired) electrons. The van der Waals surface area contributed by atoms with E-state index in [2.05, 4.69) is 4.72 Å². The van der Waals surface area contributed by atoms with Gasteiger partial charge >= 0.3 is 0 Å². The van der Waals surface area contributed by atoms with Crippen molar-refractivity contribution in [1.29, 1.82) is 0 Å². The van der Waals surface area contributed by atoms with Gasteiger partial charge in [-0.1, -0.05) is 31.2 Å². The molecule has 1 aromatic rings. The highest BCUT2D eigenvalue weighted by atomic mass is 32.2. The van der Waals surface area contributed by atoms with Crippen molar-refractivity contribution in [2.24, 2.45) is 0 Å². The van der Waals surface area contributed by atoms with E-state index in [9.17, 15) is 8.42 Å². The van der Waals surface area contributed by atoms with Crippen LogP contribution in [0, 0.1) is 6.92 Å². The van der Waals surface area contributed by atoms with Gasteiger partial charge in [-0.2, -0.15) is 0 Å². The lowest BCUT2D eigenvalue weighted by Gasteiger charge is -2.17. The fourth-order valence-corrected chi connectivity index (χ4v) is 2.41. The van der Waals surface area contributed by atoms with Gasteiger partial charge in [-0.25, -0.2) is 13.1 Å². The van der Waals surface area contributed by atoms with Gasteiger partial charge in [-0.15, -0.1) is 0 Å². The monoisotopic (exact) mass is 227 g/mol. The summed E-state index contributed by atoms with van der Waals surface area (Å²) in [5.74, 6) is 0. The van der Waals surface area contributed by atoms with E-state index in [1.807, 2.05) is 38.1 Å². The Balaban J connectivity index is 2.98. The minimum Gasteiger partial charge on any atom is -0.213 e. The molecule has 0 aliphatic rings. The third kappa shape index (κ3) is 3.64. The summed E-state index contributed by atoms with van der Waals surface area (Å²) in [6, 6.07) is 7.70. The van der Waals surface area contributed by atoms with Crippen molar-refractivity contribution in [3.8, 4) is 0 Å². The van der Waals surface area contributed by atoms with Crippen LogP contribution >= 0.6 is 0 Å². The summed E-state index contributed by atoms with van der Waals surface area (Å²) >= 11 is 0. The summed E-state index contributed by atoms with van der Waals surface area (Å²) in [7, 11) is -3.15. The van der Waals surface area contributed by atoms with Gasteiger partial charge in [0, 0.05) is 6.04 Å². The Morgan fingerprint density at radius 2 is 1.93 bits per heavy atom. The first-order valence-electron chi connectivity index (χ1n) is 4.97. The van der Waals surface area contributed by atoms with E-state index in [-0.39, 0.29) is 6.04 Å². The molecule has 0 bridgehead atoms. The number of sulfonamides is 1. The molecule has 84 valence electrons. The first-order chi connectivity index (χ1) is 6.94. The van der Waals surface area contributed by atoms with Crippen molar-refractivity contribution in [1.82, 2.24) is 4.72 Å². The lowest BCUT2D eigenvalue weighted by atomic mass is 10.0. The molecule has 0 spiro atoms. The largest absolute Gasteiger partial charge is 0.213 e. The van der Waals surface area contributed by atoms with Crippen LogP contribution in [0.5, 0.6) is 0 Å². The number of benzene rings is 1. The van der Waals surface area contributed by atoms with Gasteiger partial charge in [-0.05, 0) is 24.5 Å². The molecule has 0 amide bonds. The van der Waals surface area contributed by atoms with Crippen molar-refractivity contribution in [3.63, 3.8) is 0 Å². The van der Waals surface area contributed by atoms with Crippen LogP contribution in [0.2, 0.25) is 0 Å². The van der Waals surface area contributed by atoms with E-state index >= 15 is 0 Å². The van der Waals surface area contributed by atoms with Crippen LogP contribution < -0.4 is 4.72 Å². The molecule has 0 fully saturated rings. The molecule has 0 aliphatic carbocycles. The topological polar surface area (TPSA) is 46.2 Å². The molecule has 1 aromatic carbocycles. The van der Waals surface area contributed by atoms with Crippen LogP contribution in [0.3, 0.4) is 0 Å². The normalized spacial score (nSPS) is 13.8. The summed E-state index contributed by atoms with van der Waals surface area (Å²) < 4.78 is 25.0. The quantitative estimate of drug-likeness (QED) is 0.855. The van der Waals surface area contributed by atoms with Crippen molar-refractivity contribution in [2.45, 2.75) is 26.3 Å². The van der Waals surface area contributed by atoms with E-state index < -0.39 is 10.0 Å². The third-order valence-corrected chi connectivity index (χ3v) is 3.04. The summed E-state index contributed by atoms with van der Waals surface area (Å²) in [5, 5.41) is 0. The van der Waals surface area contributed by atoms with Gasteiger partial charge in [0.2, 0.25) is 10.0 Å². The first-order valence-corrected chi connectivity index (χ1v) is 6.86. The second kappa shape index (κ2) is 4.77. The summed E-state index contributed by atoms with van der Waals surface area (Å²) in [5.41, 5.74) is 2.16. The zero-order valence-electron chi connectivity index (χ0n) is 9.32. The highest BCUT2D eigenvalue weighted by Gasteiger charge is 2.15. The van der Waals surface area contributed by atoms with Crippen LogP contribution in [-0.4, -0.2) is 14.7 Å². The molecule has 4 heteroatoms. The van der Waals surface area contributed by atoms with Gasteiger partial charge in [-0.3, -0.25) is 0 Å². The molecule has 1 atom stereocenters. The zero-order chi connectivity index (χ0) is 11.5. The van der Waals surface area contributed by atoms with Gasteiger partial charge in [0.25, 0.3) is 0 Å². The first kappa shape index (κ1) is 12.2. The Bertz CT molecular complexity index is 426. The van der Waals surface area contributed by atoms with E-state index in [0.717, 1.165) is 17.5 Å². The number of nitrogens with one attached hydrogen (secondary N) is 1. The van der Waals surface area contributed by atoms with Crippen molar-refractivity contribution in [3.05, 3.63) is 35.4 Å². The highest BCUT2D eigenvalue weighted by Crippen LogP contribution is 2.20. The average molecular weight is 227 g/mol. The van der Waals surface area contributed by atoms with Gasteiger partial charge < -0.3 is 0 Å². The lowest BCUT2D eigenvalue weighted by Crippen LogP contribution is -2.27. The molecule has 0 unspecified atom stereocenters. The number of rotatable bonds is 4. The predicted molar refractivity (Wildman–Crippen MR) is 62.2 cm³/mol. The van der Waals surface area contributed by atoms with Crippen LogP contribution in [0.4, 0.5) is 0 Å². The fourth-order valence-electron chi connectivity index (χ4n) is 1.60. The zero-order valence-corrected chi connectivity index (χ0v) is 10.1. The Hall–Kier alpha value is -0.870. The molecule has 0 aliphatic heterocycles. The Morgan fingerprint density at radius 1 is 1.33 bits per heavy atom. The average Bonchev–Trinajstić information content (AvgIpc) is 2.14. The smallest absolute Gasteiger partial charge is 0.209 e. The third-order valence-electron chi connectivity index (χ3n) is 2.33. The molecule has 1 N–H and O–H groups in total. The number of hydrogen-bond acceptors (Lipinski definition) is 2. The molecule has 1 rings (SSSR count). The Labute approximate surface area is 91.6 Å². The summed E-state index contributed by atoms with van der Waals surface area (Å²) in [6.07, 6.45) is 1.94. The van der Waals surface area contributed by atoms with Crippen LogP contribution in [0.1, 0.15) is 30.5 Å². The molecule has 15 heavy (non-hydrogen) atoms. The molecule has 3 nitrogen and oxygen atoms in total. The Morgan fingerprint density at radius 3 is 2.40 bits per heavy atom. The molecule has 0 aromatic heterocycles. The number of hydrogen-bond donors (Lipinski definition) is 1. The van der Waals surface area contributed by atoms with E-state index in [1.165, 1.54) is 6.26 Å². The second-order valence-corrected chi connectivity index (χ2v) is 5.49. The minimum absolute atomic E-state index is 0.124. The molecule has 0 saturated heterocycles. The number of aryl methyl sites for hydroxylation is 1. The highest BCUT2D eigenvalue weighted by molar-refractivity contribution is 7.88. The van der Waals surface area contributed by atoms with E-state index in [4.69, 9.17) is 0 Å². The maximum atomic E-state index is 11.2. The van der Waals surface area contributed by atoms with Crippen molar-refractivity contribution < 1.29 is 8.42 Å². The minimum atomic E-state index is -3.15. The van der Waals surface area contributed by atoms with Gasteiger partial charge in [0.1, 0.15) is 0 Å². The predicted octanol–water partition coefficient (Wildman–Crippen LogP) is 2.00. The van der Waals surface area contributed by atoms with E-state index in [1.54, 1.807) is 0 Å². The summed E-state index contributed by atoms with van der Waals surface area (Å²) in [4.78, 5) is 0. The Kier molecular flexibility index (Phi) is 3.88. The van der Waals surface area contributed by atoms with Crippen LogP contribution in [0.25, 0.3) is 0 Å². The van der Waals surface area contributed by atoms with Crippen LogP contribution in [-0.2, 0) is 10.0 Å². The van der Waals surface area contributed by atoms with Crippen molar-refractivity contribution >= 4 is 10.0 Å². The van der Waals surface area contributed by atoms with Gasteiger partial charge in [0.05, 0.1) is 6.26 Å². The SMILES string of the molecule is CC[C@H](NS(C)(=O)=O)c1ccccc1C. The fraction of sp³-hybridized carbons (Fsp3) is 0.455. The lowest BCUT2D eigenvalue weighted by molar-refractivity contribution is 0.554. The molecule has 0 saturated carbocycles. The maximum Gasteiger partial charge on any atom is 0.209 e. The van der Waals surface area contributed by atoms with Crippen LogP contribution in [0.15, 0.2) is 24.3 Å². The van der Waals surface area contributed by atoms with Crippen molar-refractivity contribution in [2.75, 3.05) is 6.26 Å². The second-order valence-electron chi connectivity index (χ2n) is 3.71. The van der Waals surface area contributed by atoms with E-state index in [0.29, 0.717) is 0 Å². The molecule has 0 heterocycles. The van der Waals surface area contributed by atoms with Gasteiger partial charge in [0.15, 0.2) is 0 Å². The maximum absolute atomic E-state index is 11.2. The summed E-state index contributed by atoms with van der Waals surface area (Å²) in [6.45, 7) is 3.96. The molecular weight excluding hydrogens is 210 g/mol.